The second kappa shape index (κ2) is 5.83. The number of hydrogen-bond donors (Lipinski definition) is 0. The molecule has 0 bridgehead atoms. The first-order chi connectivity index (χ1) is 9.13. The van der Waals surface area contributed by atoms with E-state index in [0.717, 1.165) is 29.8 Å². The molecule has 0 atom stereocenters. The summed E-state index contributed by atoms with van der Waals surface area (Å²) >= 11 is 0. The van der Waals surface area contributed by atoms with Gasteiger partial charge in [0.2, 0.25) is 5.91 Å². The van der Waals surface area contributed by atoms with Crippen LogP contribution in [0.1, 0.15) is 47.1 Å². The van der Waals surface area contributed by atoms with Crippen molar-refractivity contribution in [2.75, 3.05) is 0 Å². The van der Waals surface area contributed by atoms with E-state index in [0.29, 0.717) is 6.42 Å². The molecule has 0 spiro atoms. The molecule has 2 rings (SSSR count). The maximum atomic E-state index is 12.0. The third-order valence-electron chi connectivity index (χ3n) is 3.37. The second-order valence-electron chi connectivity index (χ2n) is 4.87. The summed E-state index contributed by atoms with van der Waals surface area (Å²) in [5, 5.41) is 4.39. The molecule has 0 aliphatic rings. The molecule has 100 valence electrons. The number of carbonyl (C=O) groups excluding carboxylic acids is 1. The average Bonchev–Trinajstić information content (AvgIpc) is 2.68. The van der Waals surface area contributed by atoms with E-state index in [9.17, 15) is 4.79 Å². The molecule has 3 nitrogen and oxygen atoms in total. The minimum atomic E-state index is 0.0856. The van der Waals surface area contributed by atoms with Gasteiger partial charge >= 0.3 is 0 Å². The zero-order valence-corrected chi connectivity index (χ0v) is 11.8. The molecule has 0 N–H and O–H groups in total. The number of rotatable bonds is 4. The van der Waals surface area contributed by atoms with Crippen molar-refractivity contribution in [2.24, 2.45) is 0 Å². The Hall–Kier alpha value is -1.90. The van der Waals surface area contributed by atoms with Gasteiger partial charge in [-0.15, -0.1) is 0 Å². The Morgan fingerprint density at radius 3 is 2.53 bits per heavy atom. The summed E-state index contributed by atoms with van der Waals surface area (Å²) in [7, 11) is 0. The Morgan fingerprint density at radius 1 is 1.21 bits per heavy atom. The fourth-order valence-electron chi connectivity index (χ4n) is 2.29. The molecule has 0 aliphatic heterocycles. The number of nitrogens with zero attached hydrogens (tertiary/aromatic N) is 2. The first-order valence-corrected chi connectivity index (χ1v) is 6.75. The largest absolute Gasteiger partial charge is 0.273 e. The third-order valence-corrected chi connectivity index (χ3v) is 3.37. The normalized spacial score (nSPS) is 10.7. The fourth-order valence-corrected chi connectivity index (χ4v) is 2.29. The molecule has 0 radical (unpaired) electrons. The second-order valence-corrected chi connectivity index (χ2v) is 4.87. The minimum Gasteiger partial charge on any atom is -0.273 e. The highest BCUT2D eigenvalue weighted by atomic mass is 16.2. The van der Waals surface area contributed by atoms with Crippen LogP contribution in [0.4, 0.5) is 0 Å². The Morgan fingerprint density at radius 2 is 1.89 bits per heavy atom. The number of carbonyl (C=O) groups is 1. The molecule has 1 heterocycles. The van der Waals surface area contributed by atoms with Gasteiger partial charge in [-0.05, 0) is 25.8 Å². The van der Waals surface area contributed by atoms with Crippen LogP contribution in [0.25, 0.3) is 0 Å². The van der Waals surface area contributed by atoms with Gasteiger partial charge < -0.3 is 0 Å². The zero-order chi connectivity index (χ0) is 13.8. The van der Waals surface area contributed by atoms with E-state index >= 15 is 0 Å². The zero-order valence-electron chi connectivity index (χ0n) is 11.8. The van der Waals surface area contributed by atoms with Gasteiger partial charge in [-0.3, -0.25) is 4.79 Å². The molecule has 0 unspecified atom stereocenters. The first-order valence-electron chi connectivity index (χ1n) is 6.75. The SMILES string of the molecule is CCCC(=O)n1nc(C)c(Cc2ccccc2)c1C. The van der Waals surface area contributed by atoms with Crippen molar-refractivity contribution in [2.45, 2.75) is 40.0 Å². The molecule has 3 heteroatoms. The third kappa shape index (κ3) is 2.92. The number of benzene rings is 1. The summed E-state index contributed by atoms with van der Waals surface area (Å²) in [6.07, 6.45) is 2.23. The highest BCUT2D eigenvalue weighted by Gasteiger charge is 2.15. The lowest BCUT2D eigenvalue weighted by Gasteiger charge is -2.04. The van der Waals surface area contributed by atoms with Crippen molar-refractivity contribution in [3.63, 3.8) is 0 Å². The molecular formula is C16H20N2O. The van der Waals surface area contributed by atoms with Crippen molar-refractivity contribution in [3.8, 4) is 0 Å². The summed E-state index contributed by atoms with van der Waals surface area (Å²) in [6, 6.07) is 10.3. The van der Waals surface area contributed by atoms with Crippen molar-refractivity contribution >= 4 is 5.91 Å². The Balaban J connectivity index is 2.29. The quantitative estimate of drug-likeness (QED) is 0.838. The van der Waals surface area contributed by atoms with Crippen LogP contribution < -0.4 is 0 Å². The van der Waals surface area contributed by atoms with E-state index in [2.05, 4.69) is 17.2 Å². The van der Waals surface area contributed by atoms with E-state index in [1.807, 2.05) is 39.0 Å². The standard InChI is InChI=1S/C16H20N2O/c1-4-8-16(19)18-13(3)15(12(2)17-18)11-14-9-6-5-7-10-14/h5-7,9-10H,4,8,11H2,1-3H3. The average molecular weight is 256 g/mol. The smallest absolute Gasteiger partial charge is 0.247 e. The predicted octanol–water partition coefficient (Wildman–Crippen LogP) is 3.53. The lowest BCUT2D eigenvalue weighted by molar-refractivity contribution is 0.0883. The Bertz CT molecular complexity index is 570. The van der Waals surface area contributed by atoms with Gasteiger partial charge in [0.25, 0.3) is 0 Å². The summed E-state index contributed by atoms with van der Waals surface area (Å²) in [6.45, 7) is 5.96. The maximum Gasteiger partial charge on any atom is 0.247 e. The molecular weight excluding hydrogens is 236 g/mol. The molecule has 1 aromatic heterocycles. The van der Waals surface area contributed by atoms with Crippen LogP contribution in [0.2, 0.25) is 0 Å². The number of aromatic nitrogens is 2. The van der Waals surface area contributed by atoms with E-state index in [-0.39, 0.29) is 5.91 Å². The molecule has 2 aromatic rings. The molecule has 1 aromatic carbocycles. The maximum absolute atomic E-state index is 12.0. The van der Waals surface area contributed by atoms with Crippen LogP contribution in [0, 0.1) is 13.8 Å². The van der Waals surface area contributed by atoms with Gasteiger partial charge in [0.1, 0.15) is 0 Å². The lowest BCUT2D eigenvalue weighted by atomic mass is 10.0. The summed E-state index contributed by atoms with van der Waals surface area (Å²) in [5.74, 6) is 0.0856. The van der Waals surface area contributed by atoms with Crippen LogP contribution >= 0.6 is 0 Å². The van der Waals surface area contributed by atoms with Gasteiger partial charge in [0.15, 0.2) is 0 Å². The topological polar surface area (TPSA) is 34.9 Å². The number of aryl methyl sites for hydroxylation is 1. The molecule has 0 saturated carbocycles. The molecule has 19 heavy (non-hydrogen) atoms. The van der Waals surface area contributed by atoms with E-state index in [1.54, 1.807) is 4.68 Å². The van der Waals surface area contributed by atoms with Gasteiger partial charge in [-0.25, -0.2) is 4.68 Å². The molecule has 0 aliphatic carbocycles. The molecule has 0 fully saturated rings. The van der Waals surface area contributed by atoms with Gasteiger partial charge in [-0.1, -0.05) is 37.3 Å². The van der Waals surface area contributed by atoms with Gasteiger partial charge in [0, 0.05) is 24.1 Å². The summed E-state index contributed by atoms with van der Waals surface area (Å²) in [5.41, 5.74) is 4.33. The van der Waals surface area contributed by atoms with Crippen molar-refractivity contribution in [1.29, 1.82) is 0 Å². The summed E-state index contributed by atoms with van der Waals surface area (Å²) in [4.78, 5) is 12.0. The monoisotopic (exact) mass is 256 g/mol. The Kier molecular flexibility index (Phi) is 4.15. The van der Waals surface area contributed by atoms with E-state index in [1.165, 1.54) is 5.56 Å². The molecule has 0 saturated heterocycles. The van der Waals surface area contributed by atoms with Crippen LogP contribution in [0.5, 0.6) is 0 Å². The van der Waals surface area contributed by atoms with Crippen LogP contribution in [-0.2, 0) is 6.42 Å². The van der Waals surface area contributed by atoms with Crippen molar-refractivity contribution < 1.29 is 4.79 Å². The first kappa shape index (κ1) is 13.5. The summed E-state index contributed by atoms with van der Waals surface area (Å²) < 4.78 is 1.57. The lowest BCUT2D eigenvalue weighted by Crippen LogP contribution is -2.13. The van der Waals surface area contributed by atoms with E-state index < -0.39 is 0 Å². The Labute approximate surface area is 114 Å². The van der Waals surface area contributed by atoms with Crippen molar-refractivity contribution in [1.82, 2.24) is 9.78 Å². The number of hydrogen-bond acceptors (Lipinski definition) is 2. The highest BCUT2D eigenvalue weighted by molar-refractivity contribution is 5.79. The predicted molar refractivity (Wildman–Crippen MR) is 76.5 cm³/mol. The fraction of sp³-hybridized carbons (Fsp3) is 0.375. The molecule has 0 amide bonds. The minimum absolute atomic E-state index is 0.0856. The van der Waals surface area contributed by atoms with Gasteiger partial charge in [0.05, 0.1) is 5.69 Å². The van der Waals surface area contributed by atoms with Crippen LogP contribution in [-0.4, -0.2) is 15.7 Å². The van der Waals surface area contributed by atoms with Crippen LogP contribution in [0.3, 0.4) is 0 Å². The van der Waals surface area contributed by atoms with Crippen LogP contribution in [0.15, 0.2) is 30.3 Å². The highest BCUT2D eigenvalue weighted by Crippen LogP contribution is 2.18. The van der Waals surface area contributed by atoms with Gasteiger partial charge in [-0.2, -0.15) is 5.10 Å². The van der Waals surface area contributed by atoms with Crippen molar-refractivity contribution in [3.05, 3.63) is 52.8 Å². The van der Waals surface area contributed by atoms with E-state index in [4.69, 9.17) is 0 Å².